The van der Waals surface area contributed by atoms with Gasteiger partial charge in [-0.1, -0.05) is 0 Å². The molecule has 6 heteroatoms. The molecule has 0 spiro atoms. The predicted octanol–water partition coefficient (Wildman–Crippen LogP) is 2.52. The van der Waals surface area contributed by atoms with Gasteiger partial charge in [0.05, 0.1) is 8.66 Å². The summed E-state index contributed by atoms with van der Waals surface area (Å²) in [5.74, 6) is -0.360. The van der Waals surface area contributed by atoms with Crippen LogP contribution >= 0.6 is 27.3 Å². The van der Waals surface area contributed by atoms with E-state index in [9.17, 15) is 13.2 Å². The van der Waals surface area contributed by atoms with Crippen molar-refractivity contribution in [3.8, 4) is 0 Å². The van der Waals surface area contributed by atoms with E-state index in [0.29, 0.717) is 4.88 Å². The highest BCUT2D eigenvalue weighted by molar-refractivity contribution is 9.11. The van der Waals surface area contributed by atoms with Crippen LogP contribution < -0.4 is 0 Å². The molecule has 1 aromatic rings. The Hall–Kier alpha value is -0.200. The molecule has 0 fully saturated rings. The van der Waals surface area contributed by atoms with Gasteiger partial charge in [0.25, 0.3) is 0 Å². The lowest BCUT2D eigenvalue weighted by molar-refractivity contribution is 0.0958. The number of hydrogen-bond donors (Lipinski definition) is 0. The molecule has 1 aromatic heterocycles. The molecule has 0 unspecified atom stereocenters. The average Bonchev–Trinajstić information content (AvgIpc) is 2.48. The highest BCUT2D eigenvalue weighted by Crippen LogP contribution is 2.28. The Morgan fingerprint density at radius 1 is 1.40 bits per heavy atom. The highest BCUT2D eigenvalue weighted by atomic mass is 79.9. The van der Waals surface area contributed by atoms with Crippen LogP contribution in [0, 0.1) is 0 Å². The van der Waals surface area contributed by atoms with Crippen LogP contribution in [0.1, 0.15) is 23.5 Å². The number of Topliss-reactive ketones (excluding diaryl/α,β-unsaturated/α-hetero) is 1. The summed E-state index contributed by atoms with van der Waals surface area (Å²) in [6.45, 7) is 2.86. The Labute approximate surface area is 102 Å². The number of ketones is 1. The first-order valence-corrected chi connectivity index (χ1v) is 7.66. The Kier molecular flexibility index (Phi) is 3.42. The molecule has 0 aliphatic carbocycles. The fourth-order valence-corrected chi connectivity index (χ4v) is 2.90. The first kappa shape index (κ1) is 12.9. The lowest BCUT2D eigenvalue weighted by atomic mass is 10.1. The standard InChI is InChI=1S/C9H11BrO3S2/c1-9(2,15(3,12)13)8(11)6-4-5-7(10)14-6/h4-5H,1-3H3. The maximum atomic E-state index is 11.9. The molecule has 0 aliphatic heterocycles. The van der Waals surface area contributed by atoms with Gasteiger partial charge in [-0.2, -0.15) is 0 Å². The molecule has 1 heterocycles. The van der Waals surface area contributed by atoms with E-state index in [1.165, 1.54) is 25.2 Å². The number of rotatable bonds is 3. The van der Waals surface area contributed by atoms with Gasteiger partial charge in [0.1, 0.15) is 4.75 Å². The van der Waals surface area contributed by atoms with Crippen LogP contribution in [0.15, 0.2) is 15.9 Å². The normalized spacial score (nSPS) is 12.8. The second kappa shape index (κ2) is 3.99. The van der Waals surface area contributed by atoms with Crippen molar-refractivity contribution < 1.29 is 13.2 Å². The second-order valence-electron chi connectivity index (χ2n) is 3.72. The van der Waals surface area contributed by atoms with Crippen molar-refractivity contribution in [3.63, 3.8) is 0 Å². The monoisotopic (exact) mass is 310 g/mol. The van der Waals surface area contributed by atoms with Gasteiger partial charge in [-0.05, 0) is 41.9 Å². The maximum absolute atomic E-state index is 11.9. The largest absolute Gasteiger partial charge is 0.292 e. The topological polar surface area (TPSA) is 51.2 Å². The number of hydrogen-bond acceptors (Lipinski definition) is 4. The molecule has 84 valence electrons. The van der Waals surface area contributed by atoms with Gasteiger partial charge in [0.15, 0.2) is 15.6 Å². The van der Waals surface area contributed by atoms with Crippen LogP contribution in [0.5, 0.6) is 0 Å². The number of halogens is 1. The third-order valence-corrected chi connectivity index (χ3v) is 5.93. The van der Waals surface area contributed by atoms with E-state index >= 15 is 0 Å². The number of sulfone groups is 1. The van der Waals surface area contributed by atoms with E-state index in [4.69, 9.17) is 0 Å². The van der Waals surface area contributed by atoms with E-state index in [1.807, 2.05) is 0 Å². The van der Waals surface area contributed by atoms with Crippen LogP contribution in [0.4, 0.5) is 0 Å². The smallest absolute Gasteiger partial charge is 0.193 e. The van der Waals surface area contributed by atoms with Crippen LogP contribution in [-0.2, 0) is 9.84 Å². The fourth-order valence-electron chi connectivity index (χ4n) is 0.901. The van der Waals surface area contributed by atoms with Gasteiger partial charge in [-0.15, -0.1) is 11.3 Å². The molecule has 0 saturated heterocycles. The zero-order chi connectivity index (χ0) is 11.9. The van der Waals surface area contributed by atoms with Gasteiger partial charge >= 0.3 is 0 Å². The molecule has 0 amide bonds. The molecule has 0 N–H and O–H groups in total. The van der Waals surface area contributed by atoms with Gasteiger partial charge < -0.3 is 0 Å². The molecule has 1 rings (SSSR count). The predicted molar refractivity (Wildman–Crippen MR) is 65.3 cm³/mol. The molecule has 0 aliphatic rings. The van der Waals surface area contributed by atoms with Crippen LogP contribution in [-0.4, -0.2) is 25.2 Å². The highest BCUT2D eigenvalue weighted by Gasteiger charge is 2.39. The van der Waals surface area contributed by atoms with Gasteiger partial charge in [-0.3, -0.25) is 4.79 Å². The van der Waals surface area contributed by atoms with Gasteiger partial charge in [-0.25, -0.2) is 8.42 Å². The quantitative estimate of drug-likeness (QED) is 0.806. The van der Waals surface area contributed by atoms with Crippen LogP contribution in [0.2, 0.25) is 0 Å². The Balaban J connectivity index is 3.16. The minimum atomic E-state index is -3.40. The van der Waals surface area contributed by atoms with E-state index in [-0.39, 0.29) is 5.78 Å². The first-order chi connectivity index (χ1) is 6.66. The van der Waals surface area contributed by atoms with Crippen molar-refractivity contribution in [2.45, 2.75) is 18.6 Å². The van der Waals surface area contributed by atoms with Crippen molar-refractivity contribution in [2.75, 3.05) is 6.26 Å². The van der Waals surface area contributed by atoms with Gasteiger partial charge in [0, 0.05) is 6.26 Å². The zero-order valence-corrected chi connectivity index (χ0v) is 11.8. The lowest BCUT2D eigenvalue weighted by Crippen LogP contribution is -2.39. The van der Waals surface area contributed by atoms with Crippen molar-refractivity contribution in [1.29, 1.82) is 0 Å². The Bertz CT molecular complexity index is 485. The first-order valence-electron chi connectivity index (χ1n) is 4.16. The number of carbonyl (C=O) groups excluding carboxylic acids is 1. The van der Waals surface area contributed by atoms with Crippen molar-refractivity contribution in [2.24, 2.45) is 0 Å². The molecule has 3 nitrogen and oxygen atoms in total. The molecule has 0 saturated carbocycles. The lowest BCUT2D eigenvalue weighted by Gasteiger charge is -2.19. The van der Waals surface area contributed by atoms with E-state index in [0.717, 1.165) is 10.0 Å². The summed E-state index contributed by atoms with van der Waals surface area (Å²) >= 11 is 4.48. The molecule has 15 heavy (non-hydrogen) atoms. The molecule has 0 aromatic carbocycles. The molecular formula is C9H11BrO3S2. The number of carbonyl (C=O) groups is 1. The SMILES string of the molecule is CC(C)(C(=O)c1ccc(Br)s1)S(C)(=O)=O. The average molecular weight is 311 g/mol. The molecule has 0 atom stereocenters. The minimum absolute atomic E-state index is 0.360. The third-order valence-electron chi connectivity index (χ3n) is 2.27. The van der Waals surface area contributed by atoms with Crippen LogP contribution in [0.3, 0.4) is 0 Å². The molecule has 0 bridgehead atoms. The summed E-state index contributed by atoms with van der Waals surface area (Å²) in [5, 5.41) is 0. The van der Waals surface area contributed by atoms with Crippen molar-refractivity contribution in [3.05, 3.63) is 20.8 Å². The fraction of sp³-hybridized carbons (Fsp3) is 0.444. The van der Waals surface area contributed by atoms with Crippen LogP contribution in [0.25, 0.3) is 0 Å². The summed E-state index contributed by atoms with van der Waals surface area (Å²) in [6.07, 6.45) is 1.08. The third kappa shape index (κ3) is 2.49. The zero-order valence-electron chi connectivity index (χ0n) is 8.57. The Morgan fingerprint density at radius 2 is 1.93 bits per heavy atom. The Morgan fingerprint density at radius 3 is 2.27 bits per heavy atom. The van der Waals surface area contributed by atoms with Gasteiger partial charge in [0.2, 0.25) is 0 Å². The van der Waals surface area contributed by atoms with Crippen molar-refractivity contribution >= 4 is 42.9 Å². The van der Waals surface area contributed by atoms with E-state index in [1.54, 1.807) is 12.1 Å². The second-order valence-corrected chi connectivity index (χ2v) is 8.74. The molecular weight excluding hydrogens is 300 g/mol. The van der Waals surface area contributed by atoms with E-state index < -0.39 is 14.6 Å². The summed E-state index contributed by atoms with van der Waals surface area (Å²) in [7, 11) is -3.40. The maximum Gasteiger partial charge on any atom is 0.193 e. The van der Waals surface area contributed by atoms with Crippen molar-refractivity contribution in [1.82, 2.24) is 0 Å². The summed E-state index contributed by atoms with van der Waals surface area (Å²) in [4.78, 5) is 12.4. The summed E-state index contributed by atoms with van der Waals surface area (Å²) < 4.78 is 22.3. The molecule has 0 radical (unpaired) electrons. The summed E-state index contributed by atoms with van der Waals surface area (Å²) in [6, 6.07) is 3.36. The van der Waals surface area contributed by atoms with E-state index in [2.05, 4.69) is 15.9 Å². The minimum Gasteiger partial charge on any atom is -0.292 e. The summed E-state index contributed by atoms with van der Waals surface area (Å²) in [5.41, 5.74) is 0. The number of thiophene rings is 1.